The third-order valence-corrected chi connectivity index (χ3v) is 2.80. The Morgan fingerprint density at radius 2 is 1.81 bits per heavy atom. The zero-order valence-electron chi connectivity index (χ0n) is 7.52. The predicted octanol–water partition coefficient (Wildman–Crippen LogP) is 4.06. The summed E-state index contributed by atoms with van der Waals surface area (Å²) < 4.78 is 38.3. The summed E-state index contributed by atoms with van der Waals surface area (Å²) in [6.07, 6.45) is -2.34. The summed E-state index contributed by atoms with van der Waals surface area (Å²) in [5.41, 5.74) is -0.963. The molecule has 7 heteroatoms. The Morgan fingerprint density at radius 3 is 2.44 bits per heavy atom. The van der Waals surface area contributed by atoms with Gasteiger partial charge in [0.05, 0.1) is 0 Å². The highest BCUT2D eigenvalue weighted by Gasteiger charge is 2.34. The molecule has 2 heterocycles. The van der Waals surface area contributed by atoms with Gasteiger partial charge in [-0.1, -0.05) is 11.6 Å². The van der Waals surface area contributed by atoms with Crippen LogP contribution in [0.3, 0.4) is 0 Å². The third-order valence-electron chi connectivity index (χ3n) is 1.96. The quantitative estimate of drug-likeness (QED) is 0.686. The zero-order valence-corrected chi connectivity index (χ0v) is 9.86. The molecule has 0 atom stereocenters. The molecule has 0 aliphatic rings. The minimum absolute atomic E-state index is 0.0775. The van der Waals surface area contributed by atoms with E-state index in [9.17, 15) is 13.2 Å². The van der Waals surface area contributed by atoms with E-state index >= 15 is 0 Å². The van der Waals surface area contributed by atoms with Crippen molar-refractivity contribution in [3.8, 4) is 0 Å². The van der Waals surface area contributed by atoms with Crippen molar-refractivity contribution in [3.05, 3.63) is 33.8 Å². The maximum atomic E-state index is 12.6. The molecule has 0 saturated heterocycles. The molecule has 0 spiro atoms. The lowest BCUT2D eigenvalue weighted by Gasteiger charge is -2.09. The molecule has 0 N–H and O–H groups in total. The fourth-order valence-corrected chi connectivity index (χ4v) is 1.89. The molecule has 2 nitrogen and oxygen atoms in total. The number of rotatable bonds is 0. The number of aromatic nitrogens is 2. The lowest BCUT2D eigenvalue weighted by Crippen LogP contribution is -2.08. The predicted molar refractivity (Wildman–Crippen MR) is 57.3 cm³/mol. The van der Waals surface area contributed by atoms with E-state index in [-0.39, 0.29) is 10.5 Å². The van der Waals surface area contributed by atoms with Gasteiger partial charge in [-0.2, -0.15) is 13.2 Å². The molecule has 16 heavy (non-hydrogen) atoms. The van der Waals surface area contributed by atoms with Crippen molar-refractivity contribution in [2.75, 3.05) is 0 Å². The average Bonchev–Trinajstić information content (AvgIpc) is 2.17. The first kappa shape index (κ1) is 11.6. The van der Waals surface area contributed by atoms with Crippen LogP contribution in [0.5, 0.6) is 0 Å². The third kappa shape index (κ3) is 1.99. The molecule has 0 radical (unpaired) electrons. The molecule has 0 aliphatic heterocycles. The van der Waals surface area contributed by atoms with Gasteiger partial charge in [-0.3, -0.25) is 0 Å². The number of hydrogen-bond donors (Lipinski definition) is 0. The molecule has 2 aromatic rings. The van der Waals surface area contributed by atoms with Crippen molar-refractivity contribution in [2.45, 2.75) is 6.18 Å². The first-order valence-corrected chi connectivity index (χ1v) is 5.23. The molecule has 0 fully saturated rings. The van der Waals surface area contributed by atoms with Crippen LogP contribution in [0.25, 0.3) is 10.8 Å². The maximum absolute atomic E-state index is 12.6. The van der Waals surface area contributed by atoms with E-state index in [1.165, 1.54) is 6.07 Å². The number of hydrogen-bond acceptors (Lipinski definition) is 2. The molecular formula is C9H3BrClF3N2. The molecule has 0 amide bonds. The Kier molecular flexibility index (Phi) is 2.79. The van der Waals surface area contributed by atoms with Gasteiger partial charge in [0.2, 0.25) is 0 Å². The van der Waals surface area contributed by atoms with Crippen molar-refractivity contribution < 1.29 is 13.2 Å². The van der Waals surface area contributed by atoms with E-state index in [4.69, 9.17) is 11.6 Å². The summed E-state index contributed by atoms with van der Waals surface area (Å²) in [4.78, 5) is 6.98. The van der Waals surface area contributed by atoms with E-state index in [2.05, 4.69) is 25.9 Å². The Labute approximate surface area is 102 Å². The standard InChI is InChI=1S/C9H3BrClF3N2/c10-6-3-16-8(9(12,13)14)5-2-15-7(11)1-4(5)6/h1-3H. The monoisotopic (exact) mass is 310 g/mol. The second kappa shape index (κ2) is 3.85. The lowest BCUT2D eigenvalue weighted by atomic mass is 10.1. The topological polar surface area (TPSA) is 25.8 Å². The Bertz CT molecular complexity index is 556. The minimum Gasteiger partial charge on any atom is -0.250 e. The van der Waals surface area contributed by atoms with E-state index in [1.54, 1.807) is 0 Å². The molecule has 0 unspecified atom stereocenters. The van der Waals surface area contributed by atoms with Crippen molar-refractivity contribution >= 4 is 38.3 Å². The molecule has 2 rings (SSSR count). The molecule has 84 valence electrons. The van der Waals surface area contributed by atoms with Gasteiger partial charge in [-0.15, -0.1) is 0 Å². The number of alkyl halides is 3. The van der Waals surface area contributed by atoms with Crippen LogP contribution in [0.1, 0.15) is 5.69 Å². The normalized spacial score (nSPS) is 12.1. The number of nitrogens with zero attached hydrogens (tertiary/aromatic N) is 2. The SMILES string of the molecule is FC(F)(F)c1ncc(Br)c2cc(Cl)ncc12. The summed E-state index contributed by atoms with van der Waals surface area (Å²) in [6, 6.07) is 1.36. The van der Waals surface area contributed by atoms with E-state index in [1.807, 2.05) is 0 Å². The Hall–Kier alpha value is -0.880. The van der Waals surface area contributed by atoms with Crippen LogP contribution >= 0.6 is 27.5 Å². The molecule has 0 aliphatic carbocycles. The van der Waals surface area contributed by atoms with Crippen LogP contribution in [0.4, 0.5) is 13.2 Å². The summed E-state index contributed by atoms with van der Waals surface area (Å²) in [6.45, 7) is 0. The molecule has 0 aromatic carbocycles. The number of halogens is 5. The van der Waals surface area contributed by atoms with Gasteiger partial charge < -0.3 is 0 Å². The zero-order chi connectivity index (χ0) is 11.9. The highest BCUT2D eigenvalue weighted by molar-refractivity contribution is 9.10. The summed E-state index contributed by atoms with van der Waals surface area (Å²) in [5, 5.41) is 0.390. The van der Waals surface area contributed by atoms with E-state index in [0.29, 0.717) is 9.86 Å². The number of fused-ring (bicyclic) bond motifs is 1. The van der Waals surface area contributed by atoms with Crippen molar-refractivity contribution in [3.63, 3.8) is 0 Å². The van der Waals surface area contributed by atoms with Crippen LogP contribution in [0, 0.1) is 0 Å². The molecule has 2 aromatic heterocycles. The van der Waals surface area contributed by atoms with Crippen molar-refractivity contribution in [2.24, 2.45) is 0 Å². The van der Waals surface area contributed by atoms with Gasteiger partial charge in [0.1, 0.15) is 5.15 Å². The molecule has 0 saturated carbocycles. The highest BCUT2D eigenvalue weighted by atomic mass is 79.9. The summed E-state index contributed by atoms with van der Waals surface area (Å²) >= 11 is 8.74. The largest absolute Gasteiger partial charge is 0.434 e. The van der Waals surface area contributed by atoms with Gasteiger partial charge in [0.25, 0.3) is 0 Å². The fourth-order valence-electron chi connectivity index (χ4n) is 1.30. The van der Waals surface area contributed by atoms with Gasteiger partial charge >= 0.3 is 6.18 Å². The average molecular weight is 311 g/mol. The van der Waals surface area contributed by atoms with Gasteiger partial charge in [-0.05, 0) is 22.0 Å². The summed E-state index contributed by atoms with van der Waals surface area (Å²) in [7, 11) is 0. The number of pyridine rings is 2. The van der Waals surface area contributed by atoms with E-state index < -0.39 is 11.9 Å². The second-order valence-corrected chi connectivity index (χ2v) is 4.25. The van der Waals surface area contributed by atoms with Crippen LogP contribution in [-0.4, -0.2) is 9.97 Å². The minimum atomic E-state index is -4.51. The van der Waals surface area contributed by atoms with Gasteiger partial charge in [0.15, 0.2) is 5.69 Å². The van der Waals surface area contributed by atoms with Crippen LogP contribution < -0.4 is 0 Å². The second-order valence-electron chi connectivity index (χ2n) is 3.01. The maximum Gasteiger partial charge on any atom is 0.434 e. The smallest absolute Gasteiger partial charge is 0.250 e. The van der Waals surface area contributed by atoms with Crippen molar-refractivity contribution in [1.29, 1.82) is 0 Å². The Morgan fingerprint density at radius 1 is 1.12 bits per heavy atom. The van der Waals surface area contributed by atoms with Crippen molar-refractivity contribution in [1.82, 2.24) is 9.97 Å². The van der Waals surface area contributed by atoms with E-state index in [0.717, 1.165) is 12.4 Å². The highest BCUT2D eigenvalue weighted by Crippen LogP contribution is 2.35. The summed E-state index contributed by atoms with van der Waals surface area (Å²) in [5.74, 6) is 0. The molecular weight excluding hydrogens is 308 g/mol. The first-order chi connectivity index (χ1) is 7.39. The Balaban J connectivity index is 2.85. The lowest BCUT2D eigenvalue weighted by molar-refractivity contribution is -0.139. The van der Waals surface area contributed by atoms with Gasteiger partial charge in [0, 0.05) is 27.6 Å². The van der Waals surface area contributed by atoms with Crippen LogP contribution in [0.15, 0.2) is 22.9 Å². The first-order valence-electron chi connectivity index (χ1n) is 4.06. The molecule has 0 bridgehead atoms. The van der Waals surface area contributed by atoms with Crippen LogP contribution in [-0.2, 0) is 6.18 Å². The van der Waals surface area contributed by atoms with Crippen LogP contribution in [0.2, 0.25) is 5.15 Å². The fraction of sp³-hybridized carbons (Fsp3) is 0.111. The van der Waals surface area contributed by atoms with Gasteiger partial charge in [-0.25, -0.2) is 9.97 Å².